The predicted molar refractivity (Wildman–Crippen MR) is 61.7 cm³/mol. The standard InChI is InChI=1S/C10H21NO4S/c1-9(2)7-11(8-10(3,4)15-9)16(13,14)6-5-12/h12H,5-8H2,1-4H3. The predicted octanol–water partition coefficient (Wildman–Crippen LogP) is 0.198. The number of hydrogen-bond donors (Lipinski definition) is 1. The van der Waals surface area contributed by atoms with Crippen molar-refractivity contribution in [1.29, 1.82) is 0 Å². The summed E-state index contributed by atoms with van der Waals surface area (Å²) in [4.78, 5) is 0. The van der Waals surface area contributed by atoms with Gasteiger partial charge in [0, 0.05) is 13.1 Å². The van der Waals surface area contributed by atoms with E-state index in [1.807, 2.05) is 27.7 Å². The van der Waals surface area contributed by atoms with Crippen LogP contribution in [-0.4, -0.2) is 54.5 Å². The molecular weight excluding hydrogens is 230 g/mol. The zero-order valence-corrected chi connectivity index (χ0v) is 11.2. The molecule has 1 heterocycles. The van der Waals surface area contributed by atoms with Gasteiger partial charge in [0.25, 0.3) is 0 Å². The molecule has 0 spiro atoms. The Morgan fingerprint density at radius 3 is 2.00 bits per heavy atom. The van der Waals surface area contributed by atoms with Gasteiger partial charge in [-0.3, -0.25) is 0 Å². The topological polar surface area (TPSA) is 66.8 Å². The van der Waals surface area contributed by atoms with Crippen LogP contribution in [0.2, 0.25) is 0 Å². The van der Waals surface area contributed by atoms with Crippen molar-refractivity contribution in [2.75, 3.05) is 25.4 Å². The number of hydrogen-bond acceptors (Lipinski definition) is 4. The molecule has 5 nitrogen and oxygen atoms in total. The van der Waals surface area contributed by atoms with E-state index in [2.05, 4.69) is 0 Å². The Morgan fingerprint density at radius 2 is 1.62 bits per heavy atom. The van der Waals surface area contributed by atoms with Crippen molar-refractivity contribution in [3.05, 3.63) is 0 Å². The number of rotatable bonds is 3. The normalized spacial score (nSPS) is 25.6. The maximum absolute atomic E-state index is 11.9. The summed E-state index contributed by atoms with van der Waals surface area (Å²) in [5.74, 6) is -0.223. The van der Waals surface area contributed by atoms with Crippen molar-refractivity contribution in [3.8, 4) is 0 Å². The van der Waals surface area contributed by atoms with Crippen molar-refractivity contribution in [3.63, 3.8) is 0 Å². The first kappa shape index (κ1) is 13.9. The molecule has 0 unspecified atom stereocenters. The Hall–Kier alpha value is -0.170. The van der Waals surface area contributed by atoms with E-state index in [4.69, 9.17) is 9.84 Å². The highest BCUT2D eigenvalue weighted by Crippen LogP contribution is 2.29. The number of ether oxygens (including phenoxy) is 1. The second-order valence-corrected chi connectivity index (χ2v) is 7.52. The minimum Gasteiger partial charge on any atom is -0.395 e. The highest BCUT2D eigenvalue weighted by molar-refractivity contribution is 7.89. The highest BCUT2D eigenvalue weighted by Gasteiger charge is 2.42. The summed E-state index contributed by atoms with van der Waals surface area (Å²) in [5.41, 5.74) is -0.992. The maximum Gasteiger partial charge on any atom is 0.216 e. The number of aliphatic hydroxyl groups is 1. The minimum atomic E-state index is -3.37. The van der Waals surface area contributed by atoms with Crippen LogP contribution in [0.3, 0.4) is 0 Å². The molecule has 1 rings (SSSR count). The number of aliphatic hydroxyl groups excluding tert-OH is 1. The van der Waals surface area contributed by atoms with Crippen LogP contribution in [0.4, 0.5) is 0 Å². The molecule has 0 atom stereocenters. The third-order valence-electron chi connectivity index (χ3n) is 2.41. The van der Waals surface area contributed by atoms with E-state index >= 15 is 0 Å². The van der Waals surface area contributed by atoms with Gasteiger partial charge in [-0.15, -0.1) is 0 Å². The summed E-state index contributed by atoms with van der Waals surface area (Å²) in [6.45, 7) is 7.80. The monoisotopic (exact) mass is 251 g/mol. The quantitative estimate of drug-likeness (QED) is 0.778. The molecule has 0 radical (unpaired) electrons. The first-order valence-corrected chi connectivity index (χ1v) is 6.98. The van der Waals surface area contributed by atoms with Crippen LogP contribution in [-0.2, 0) is 14.8 Å². The maximum atomic E-state index is 11.9. The smallest absolute Gasteiger partial charge is 0.216 e. The van der Waals surface area contributed by atoms with E-state index in [9.17, 15) is 8.42 Å². The van der Waals surface area contributed by atoms with Crippen molar-refractivity contribution >= 4 is 10.0 Å². The van der Waals surface area contributed by atoms with Gasteiger partial charge in [-0.05, 0) is 27.7 Å². The van der Waals surface area contributed by atoms with Crippen LogP contribution >= 0.6 is 0 Å². The average Bonchev–Trinajstić information content (AvgIpc) is 1.97. The summed E-state index contributed by atoms with van der Waals surface area (Å²) in [5, 5.41) is 8.76. The van der Waals surface area contributed by atoms with Crippen LogP contribution in [0.15, 0.2) is 0 Å². The lowest BCUT2D eigenvalue weighted by Gasteiger charge is -2.46. The molecule has 96 valence electrons. The van der Waals surface area contributed by atoms with Gasteiger partial charge in [0.1, 0.15) is 0 Å². The van der Waals surface area contributed by atoms with Crippen LogP contribution in [0.25, 0.3) is 0 Å². The third kappa shape index (κ3) is 3.41. The zero-order valence-electron chi connectivity index (χ0n) is 10.4. The van der Waals surface area contributed by atoms with Crippen molar-refractivity contribution < 1.29 is 18.3 Å². The number of sulfonamides is 1. The molecule has 1 aliphatic rings. The first-order valence-electron chi connectivity index (χ1n) is 5.37. The molecule has 0 saturated carbocycles. The van der Waals surface area contributed by atoms with Crippen molar-refractivity contribution in [1.82, 2.24) is 4.31 Å². The van der Waals surface area contributed by atoms with E-state index < -0.39 is 21.2 Å². The second kappa shape index (κ2) is 4.25. The van der Waals surface area contributed by atoms with Crippen LogP contribution in [0, 0.1) is 0 Å². The highest BCUT2D eigenvalue weighted by atomic mass is 32.2. The van der Waals surface area contributed by atoms with Crippen LogP contribution < -0.4 is 0 Å². The summed E-state index contributed by atoms with van der Waals surface area (Å²) in [6.07, 6.45) is 0. The van der Waals surface area contributed by atoms with Crippen LogP contribution in [0.5, 0.6) is 0 Å². The fourth-order valence-electron chi connectivity index (χ4n) is 2.16. The lowest BCUT2D eigenvalue weighted by molar-refractivity contribution is -0.163. The molecule has 6 heteroatoms. The van der Waals surface area contributed by atoms with Gasteiger partial charge in [-0.1, -0.05) is 0 Å². The number of morpholine rings is 1. The van der Waals surface area contributed by atoms with Crippen molar-refractivity contribution in [2.45, 2.75) is 38.9 Å². The molecule has 0 aromatic heterocycles. The lowest BCUT2D eigenvalue weighted by atomic mass is 10.0. The van der Waals surface area contributed by atoms with Gasteiger partial charge in [-0.2, -0.15) is 4.31 Å². The lowest BCUT2D eigenvalue weighted by Crippen LogP contribution is -2.59. The molecule has 1 saturated heterocycles. The van der Waals surface area contributed by atoms with Gasteiger partial charge < -0.3 is 9.84 Å². The first-order chi connectivity index (χ1) is 7.08. The van der Waals surface area contributed by atoms with E-state index in [1.165, 1.54) is 4.31 Å². The fraction of sp³-hybridized carbons (Fsp3) is 1.00. The minimum absolute atomic E-state index is 0.223. The van der Waals surface area contributed by atoms with Crippen molar-refractivity contribution in [2.24, 2.45) is 0 Å². The van der Waals surface area contributed by atoms with E-state index in [1.54, 1.807) is 0 Å². The molecular formula is C10H21NO4S. The summed E-state index contributed by atoms with van der Waals surface area (Å²) >= 11 is 0. The molecule has 0 aliphatic carbocycles. The average molecular weight is 251 g/mol. The van der Waals surface area contributed by atoms with Gasteiger partial charge in [0.2, 0.25) is 10.0 Å². The summed E-state index contributed by atoms with van der Waals surface area (Å²) < 4.78 is 30.9. The fourth-order valence-corrected chi connectivity index (χ4v) is 3.66. The SMILES string of the molecule is CC1(C)CN(S(=O)(=O)CCO)CC(C)(C)O1. The zero-order chi connectivity index (χ0) is 12.6. The Kier molecular flexibility index (Phi) is 3.69. The Bertz CT molecular complexity index is 332. The molecule has 0 aromatic carbocycles. The van der Waals surface area contributed by atoms with Crippen LogP contribution in [0.1, 0.15) is 27.7 Å². The molecule has 1 fully saturated rings. The second-order valence-electron chi connectivity index (χ2n) is 5.43. The van der Waals surface area contributed by atoms with E-state index in [0.29, 0.717) is 13.1 Å². The van der Waals surface area contributed by atoms with Gasteiger partial charge in [0.05, 0.1) is 23.6 Å². The van der Waals surface area contributed by atoms with Gasteiger partial charge in [0.15, 0.2) is 0 Å². The van der Waals surface area contributed by atoms with E-state index in [0.717, 1.165) is 0 Å². The molecule has 1 aliphatic heterocycles. The van der Waals surface area contributed by atoms with E-state index in [-0.39, 0.29) is 12.4 Å². The Balaban J connectivity index is 2.91. The third-order valence-corrected chi connectivity index (χ3v) is 4.15. The number of nitrogens with zero attached hydrogens (tertiary/aromatic N) is 1. The molecule has 0 amide bonds. The molecule has 16 heavy (non-hydrogen) atoms. The molecule has 0 aromatic rings. The Morgan fingerprint density at radius 1 is 1.19 bits per heavy atom. The van der Waals surface area contributed by atoms with Gasteiger partial charge >= 0.3 is 0 Å². The molecule has 1 N–H and O–H groups in total. The van der Waals surface area contributed by atoms with Gasteiger partial charge in [-0.25, -0.2) is 8.42 Å². The molecule has 0 bridgehead atoms. The Labute approximate surface area is 97.4 Å². The summed E-state index contributed by atoms with van der Waals surface area (Å²) in [7, 11) is -3.37. The largest absolute Gasteiger partial charge is 0.395 e. The summed E-state index contributed by atoms with van der Waals surface area (Å²) in [6, 6.07) is 0.